The SMILES string of the molecule is N#Cc1sc2ccccc2c1OCc1ccc(Cl)cc1. The van der Waals surface area contributed by atoms with Crippen molar-refractivity contribution in [2.75, 3.05) is 0 Å². The third kappa shape index (κ3) is 2.49. The monoisotopic (exact) mass is 299 g/mol. The fourth-order valence-electron chi connectivity index (χ4n) is 1.97. The van der Waals surface area contributed by atoms with Crippen LogP contribution in [0.4, 0.5) is 0 Å². The van der Waals surface area contributed by atoms with Gasteiger partial charge in [0.1, 0.15) is 17.6 Å². The molecule has 20 heavy (non-hydrogen) atoms. The van der Waals surface area contributed by atoms with Crippen LogP contribution in [0.1, 0.15) is 10.4 Å². The van der Waals surface area contributed by atoms with Gasteiger partial charge in [-0.05, 0) is 29.8 Å². The van der Waals surface area contributed by atoms with Crippen LogP contribution in [0.25, 0.3) is 10.1 Å². The summed E-state index contributed by atoms with van der Waals surface area (Å²) in [4.78, 5) is 0.611. The first-order valence-corrected chi connectivity index (χ1v) is 7.26. The molecule has 2 aromatic carbocycles. The number of fused-ring (bicyclic) bond motifs is 1. The summed E-state index contributed by atoms with van der Waals surface area (Å²) in [6, 6.07) is 17.6. The van der Waals surface area contributed by atoms with E-state index in [-0.39, 0.29) is 0 Å². The molecule has 4 heteroatoms. The second-order valence-corrected chi connectivity index (χ2v) is 5.77. The minimum atomic E-state index is 0.423. The molecule has 0 atom stereocenters. The van der Waals surface area contributed by atoms with E-state index in [9.17, 15) is 5.26 Å². The van der Waals surface area contributed by atoms with Crippen LogP contribution in [0.5, 0.6) is 5.75 Å². The molecule has 0 spiro atoms. The maximum Gasteiger partial charge on any atom is 0.156 e. The predicted molar refractivity (Wildman–Crippen MR) is 82.3 cm³/mol. The Hall–Kier alpha value is -2.02. The van der Waals surface area contributed by atoms with Gasteiger partial charge < -0.3 is 4.74 Å². The molecule has 0 saturated heterocycles. The lowest BCUT2D eigenvalue weighted by atomic mass is 10.2. The van der Waals surface area contributed by atoms with Gasteiger partial charge in [0, 0.05) is 15.1 Å². The number of hydrogen-bond acceptors (Lipinski definition) is 3. The predicted octanol–water partition coefficient (Wildman–Crippen LogP) is 5.01. The van der Waals surface area contributed by atoms with Crippen molar-refractivity contribution < 1.29 is 4.74 Å². The molecular weight excluding hydrogens is 290 g/mol. The molecule has 3 rings (SSSR count). The third-order valence-electron chi connectivity index (χ3n) is 2.95. The number of hydrogen-bond donors (Lipinski definition) is 0. The summed E-state index contributed by atoms with van der Waals surface area (Å²) in [7, 11) is 0. The normalized spacial score (nSPS) is 10.4. The summed E-state index contributed by atoms with van der Waals surface area (Å²) in [6.45, 7) is 0.423. The Balaban J connectivity index is 1.90. The van der Waals surface area contributed by atoms with Gasteiger partial charge in [-0.15, -0.1) is 11.3 Å². The van der Waals surface area contributed by atoms with E-state index in [1.165, 1.54) is 11.3 Å². The van der Waals surface area contributed by atoms with Crippen LogP contribution in [-0.4, -0.2) is 0 Å². The number of rotatable bonds is 3. The van der Waals surface area contributed by atoms with Gasteiger partial charge in [-0.2, -0.15) is 5.26 Å². The number of ether oxygens (including phenoxy) is 1. The molecule has 0 aliphatic rings. The Morgan fingerprint density at radius 1 is 1.10 bits per heavy atom. The molecule has 0 amide bonds. The zero-order chi connectivity index (χ0) is 13.9. The van der Waals surface area contributed by atoms with Crippen LogP contribution in [0.3, 0.4) is 0 Å². The number of nitriles is 1. The molecule has 0 aliphatic carbocycles. The molecule has 3 aromatic rings. The van der Waals surface area contributed by atoms with Crippen molar-refractivity contribution in [1.82, 2.24) is 0 Å². The van der Waals surface area contributed by atoms with E-state index < -0.39 is 0 Å². The molecule has 0 fully saturated rings. The number of benzene rings is 2. The van der Waals surface area contributed by atoms with Crippen LogP contribution < -0.4 is 4.74 Å². The van der Waals surface area contributed by atoms with Crippen LogP contribution in [0.15, 0.2) is 48.5 Å². The van der Waals surface area contributed by atoms with Crippen molar-refractivity contribution in [3.63, 3.8) is 0 Å². The highest BCUT2D eigenvalue weighted by Crippen LogP contribution is 2.37. The van der Waals surface area contributed by atoms with E-state index in [0.29, 0.717) is 22.3 Å². The topological polar surface area (TPSA) is 33.0 Å². The van der Waals surface area contributed by atoms with Gasteiger partial charge >= 0.3 is 0 Å². The first kappa shape index (κ1) is 13.0. The van der Waals surface area contributed by atoms with Gasteiger partial charge in [-0.1, -0.05) is 35.9 Å². The lowest BCUT2D eigenvalue weighted by Crippen LogP contribution is -1.95. The van der Waals surface area contributed by atoms with Gasteiger partial charge in [0.05, 0.1) is 0 Å². The largest absolute Gasteiger partial charge is 0.486 e. The third-order valence-corrected chi connectivity index (χ3v) is 4.26. The van der Waals surface area contributed by atoms with Crippen LogP contribution in [-0.2, 0) is 6.61 Å². The minimum Gasteiger partial charge on any atom is -0.486 e. The molecule has 1 heterocycles. The Bertz CT molecular complexity index is 786. The standard InChI is InChI=1S/C16H10ClNOS/c17-12-7-5-11(6-8-12)10-19-16-13-3-1-2-4-14(13)20-15(16)9-18/h1-8H,10H2. The average Bonchev–Trinajstić information content (AvgIpc) is 2.84. The van der Waals surface area contributed by atoms with E-state index >= 15 is 0 Å². The second-order valence-electron chi connectivity index (χ2n) is 4.28. The molecule has 0 radical (unpaired) electrons. The van der Waals surface area contributed by atoms with E-state index in [1.807, 2.05) is 48.5 Å². The van der Waals surface area contributed by atoms with Crippen molar-refractivity contribution in [1.29, 1.82) is 5.26 Å². The van der Waals surface area contributed by atoms with Crippen molar-refractivity contribution >= 4 is 33.0 Å². The molecule has 98 valence electrons. The van der Waals surface area contributed by atoms with Gasteiger partial charge in [0.15, 0.2) is 5.75 Å². The maximum absolute atomic E-state index is 9.22. The molecule has 0 N–H and O–H groups in total. The summed E-state index contributed by atoms with van der Waals surface area (Å²) < 4.78 is 6.92. The lowest BCUT2D eigenvalue weighted by molar-refractivity contribution is 0.310. The smallest absolute Gasteiger partial charge is 0.156 e. The highest BCUT2D eigenvalue weighted by Gasteiger charge is 2.12. The molecule has 0 saturated carbocycles. The van der Waals surface area contributed by atoms with Crippen molar-refractivity contribution in [2.45, 2.75) is 6.61 Å². The van der Waals surface area contributed by atoms with Crippen LogP contribution >= 0.6 is 22.9 Å². The van der Waals surface area contributed by atoms with Gasteiger partial charge in [0.25, 0.3) is 0 Å². The molecule has 0 bridgehead atoms. The van der Waals surface area contributed by atoms with E-state index in [4.69, 9.17) is 16.3 Å². The summed E-state index contributed by atoms with van der Waals surface area (Å²) in [6.07, 6.45) is 0. The Labute approximate surface area is 125 Å². The lowest BCUT2D eigenvalue weighted by Gasteiger charge is -2.06. The summed E-state index contributed by atoms with van der Waals surface area (Å²) in [5.74, 6) is 0.669. The fraction of sp³-hybridized carbons (Fsp3) is 0.0625. The maximum atomic E-state index is 9.22. The summed E-state index contributed by atoms with van der Waals surface area (Å²) in [5, 5.41) is 10.9. The Kier molecular flexibility index (Phi) is 3.60. The highest BCUT2D eigenvalue weighted by molar-refractivity contribution is 7.20. The average molecular weight is 300 g/mol. The van der Waals surface area contributed by atoms with Crippen molar-refractivity contribution in [3.05, 3.63) is 64.0 Å². The van der Waals surface area contributed by atoms with Gasteiger partial charge in [-0.3, -0.25) is 0 Å². The Morgan fingerprint density at radius 3 is 2.60 bits per heavy atom. The summed E-state index contributed by atoms with van der Waals surface area (Å²) >= 11 is 7.31. The number of nitrogens with zero attached hydrogens (tertiary/aromatic N) is 1. The Morgan fingerprint density at radius 2 is 1.85 bits per heavy atom. The van der Waals surface area contributed by atoms with Crippen molar-refractivity contribution in [2.24, 2.45) is 0 Å². The minimum absolute atomic E-state index is 0.423. The van der Waals surface area contributed by atoms with E-state index in [1.54, 1.807) is 0 Å². The molecule has 0 aliphatic heterocycles. The first-order chi connectivity index (χ1) is 9.78. The fourth-order valence-corrected chi connectivity index (χ4v) is 3.05. The molecular formula is C16H10ClNOS. The highest BCUT2D eigenvalue weighted by atomic mass is 35.5. The number of halogens is 1. The van der Waals surface area contributed by atoms with Crippen molar-refractivity contribution in [3.8, 4) is 11.8 Å². The quantitative estimate of drug-likeness (QED) is 0.681. The second kappa shape index (κ2) is 5.54. The zero-order valence-corrected chi connectivity index (χ0v) is 12.0. The number of thiophene rings is 1. The zero-order valence-electron chi connectivity index (χ0n) is 10.5. The van der Waals surface area contributed by atoms with E-state index in [2.05, 4.69) is 6.07 Å². The summed E-state index contributed by atoms with van der Waals surface area (Å²) in [5.41, 5.74) is 1.02. The molecule has 2 nitrogen and oxygen atoms in total. The van der Waals surface area contributed by atoms with Gasteiger partial charge in [0.2, 0.25) is 0 Å². The molecule has 1 aromatic heterocycles. The molecule has 0 unspecified atom stereocenters. The van der Waals surface area contributed by atoms with Crippen LogP contribution in [0, 0.1) is 11.3 Å². The van der Waals surface area contributed by atoms with E-state index in [0.717, 1.165) is 15.6 Å². The van der Waals surface area contributed by atoms with Crippen LogP contribution in [0.2, 0.25) is 5.02 Å². The first-order valence-electron chi connectivity index (χ1n) is 6.07. The van der Waals surface area contributed by atoms with Gasteiger partial charge in [-0.25, -0.2) is 0 Å².